The Kier molecular flexibility index (Phi) is 4.78. The lowest BCUT2D eigenvalue weighted by Crippen LogP contribution is -2.07. The molecule has 0 atom stereocenters. The maximum Gasteiger partial charge on any atom is 0.416 e. The fraction of sp³-hybridized carbons (Fsp3) is 0.188. The van der Waals surface area contributed by atoms with Crippen LogP contribution in [0.25, 0.3) is 0 Å². The van der Waals surface area contributed by atoms with Crippen LogP contribution in [0.3, 0.4) is 0 Å². The number of aromatic hydroxyl groups is 1. The van der Waals surface area contributed by atoms with Crippen LogP contribution in [0, 0.1) is 0 Å². The third kappa shape index (κ3) is 4.38. The molecule has 0 spiro atoms. The fourth-order valence-corrected chi connectivity index (χ4v) is 2.03. The van der Waals surface area contributed by atoms with E-state index in [2.05, 4.69) is 5.32 Å². The molecule has 2 rings (SSSR count). The van der Waals surface area contributed by atoms with E-state index in [4.69, 9.17) is 5.11 Å². The summed E-state index contributed by atoms with van der Waals surface area (Å²) in [5.41, 5.74) is 0.318. The molecule has 122 valence electrons. The van der Waals surface area contributed by atoms with Crippen LogP contribution in [-0.4, -0.2) is 22.7 Å². The number of rotatable bonds is 5. The first-order chi connectivity index (χ1) is 10.8. The number of carbonyl (C=O) groups is 1. The fourth-order valence-electron chi connectivity index (χ4n) is 2.03. The topological polar surface area (TPSA) is 69.6 Å². The molecule has 0 aromatic heterocycles. The summed E-state index contributed by atoms with van der Waals surface area (Å²) in [6.07, 6.45) is -3.88. The Morgan fingerprint density at radius 3 is 2.30 bits per heavy atom. The summed E-state index contributed by atoms with van der Waals surface area (Å²) in [5.74, 6) is -1.57. The third-order valence-electron chi connectivity index (χ3n) is 3.25. The first kappa shape index (κ1) is 16.7. The van der Waals surface area contributed by atoms with Gasteiger partial charge in [0.2, 0.25) is 0 Å². The highest BCUT2D eigenvalue weighted by Crippen LogP contribution is 2.29. The minimum Gasteiger partial charge on any atom is -0.507 e. The molecular formula is C16H14F3NO3. The van der Waals surface area contributed by atoms with Crippen molar-refractivity contribution < 1.29 is 28.2 Å². The summed E-state index contributed by atoms with van der Waals surface area (Å²) in [5, 5.41) is 21.3. The maximum absolute atomic E-state index is 12.4. The van der Waals surface area contributed by atoms with Gasteiger partial charge in [-0.2, -0.15) is 13.2 Å². The molecule has 0 aliphatic rings. The first-order valence-corrected chi connectivity index (χ1v) is 6.73. The van der Waals surface area contributed by atoms with Gasteiger partial charge in [-0.1, -0.05) is 12.1 Å². The molecule has 3 N–H and O–H groups in total. The molecule has 0 saturated heterocycles. The van der Waals surface area contributed by atoms with Crippen LogP contribution in [0.1, 0.15) is 21.5 Å². The summed E-state index contributed by atoms with van der Waals surface area (Å²) < 4.78 is 37.3. The second-order valence-electron chi connectivity index (χ2n) is 4.91. The number of anilines is 1. The molecule has 7 heteroatoms. The van der Waals surface area contributed by atoms with Gasteiger partial charge in [0, 0.05) is 12.2 Å². The van der Waals surface area contributed by atoms with E-state index in [9.17, 15) is 23.1 Å². The highest BCUT2D eigenvalue weighted by Gasteiger charge is 2.29. The van der Waals surface area contributed by atoms with Gasteiger partial charge in [-0.25, -0.2) is 4.79 Å². The van der Waals surface area contributed by atoms with Crippen LogP contribution in [0.4, 0.5) is 18.9 Å². The van der Waals surface area contributed by atoms with E-state index in [-0.39, 0.29) is 11.3 Å². The Balaban J connectivity index is 1.95. The van der Waals surface area contributed by atoms with Crippen LogP contribution in [-0.2, 0) is 12.6 Å². The number of halogens is 3. The number of hydrogen-bond acceptors (Lipinski definition) is 3. The summed E-state index contributed by atoms with van der Waals surface area (Å²) in [4.78, 5) is 10.9. The van der Waals surface area contributed by atoms with Gasteiger partial charge in [-0.3, -0.25) is 0 Å². The van der Waals surface area contributed by atoms with Crippen molar-refractivity contribution in [3.05, 3.63) is 59.2 Å². The highest BCUT2D eigenvalue weighted by atomic mass is 19.4. The molecule has 2 aromatic carbocycles. The zero-order valence-corrected chi connectivity index (χ0v) is 11.9. The van der Waals surface area contributed by atoms with E-state index in [0.717, 1.165) is 17.7 Å². The zero-order chi connectivity index (χ0) is 17.0. The van der Waals surface area contributed by atoms with E-state index >= 15 is 0 Å². The van der Waals surface area contributed by atoms with Crippen molar-refractivity contribution in [2.45, 2.75) is 12.6 Å². The quantitative estimate of drug-likeness (QED) is 0.732. The lowest BCUT2D eigenvalue weighted by molar-refractivity contribution is -0.137. The lowest BCUT2D eigenvalue weighted by Gasteiger charge is -2.10. The van der Waals surface area contributed by atoms with Gasteiger partial charge in [0.05, 0.1) is 5.56 Å². The van der Waals surface area contributed by atoms with E-state index in [0.29, 0.717) is 18.7 Å². The van der Waals surface area contributed by atoms with Gasteiger partial charge in [0.15, 0.2) is 0 Å². The molecule has 23 heavy (non-hydrogen) atoms. The molecule has 0 amide bonds. The smallest absolute Gasteiger partial charge is 0.416 e. The summed E-state index contributed by atoms with van der Waals surface area (Å²) in [7, 11) is 0. The Labute approximate surface area is 130 Å². The molecule has 0 radical (unpaired) electrons. The van der Waals surface area contributed by atoms with Gasteiger partial charge in [-0.15, -0.1) is 0 Å². The second kappa shape index (κ2) is 6.60. The number of aromatic carboxylic acids is 1. The van der Waals surface area contributed by atoms with E-state index in [1.54, 1.807) is 0 Å². The van der Waals surface area contributed by atoms with Crippen molar-refractivity contribution >= 4 is 11.7 Å². The van der Waals surface area contributed by atoms with Crippen molar-refractivity contribution in [1.29, 1.82) is 0 Å². The number of hydrogen-bond donors (Lipinski definition) is 3. The van der Waals surface area contributed by atoms with Crippen molar-refractivity contribution in [3.63, 3.8) is 0 Å². The monoisotopic (exact) mass is 325 g/mol. The molecule has 0 saturated carbocycles. The van der Waals surface area contributed by atoms with Crippen LogP contribution in [0.5, 0.6) is 5.75 Å². The van der Waals surface area contributed by atoms with Crippen LogP contribution in [0.15, 0.2) is 42.5 Å². The Morgan fingerprint density at radius 1 is 1.09 bits per heavy atom. The van der Waals surface area contributed by atoms with Gasteiger partial charge < -0.3 is 15.5 Å². The predicted molar refractivity (Wildman–Crippen MR) is 78.7 cm³/mol. The maximum atomic E-state index is 12.4. The molecular weight excluding hydrogens is 311 g/mol. The molecule has 2 aromatic rings. The van der Waals surface area contributed by atoms with Gasteiger partial charge in [0.25, 0.3) is 0 Å². The number of benzene rings is 2. The van der Waals surface area contributed by atoms with Crippen molar-refractivity contribution in [2.24, 2.45) is 0 Å². The second-order valence-corrected chi connectivity index (χ2v) is 4.91. The minimum absolute atomic E-state index is 0.218. The third-order valence-corrected chi connectivity index (χ3v) is 3.25. The highest BCUT2D eigenvalue weighted by molar-refractivity contribution is 5.91. The van der Waals surface area contributed by atoms with Crippen LogP contribution in [0.2, 0.25) is 0 Å². The Morgan fingerprint density at radius 2 is 1.74 bits per heavy atom. The molecule has 0 aliphatic heterocycles. The molecule has 0 heterocycles. The zero-order valence-electron chi connectivity index (χ0n) is 11.9. The molecule has 4 nitrogen and oxygen atoms in total. The average Bonchev–Trinajstić information content (AvgIpc) is 2.48. The SMILES string of the molecule is O=C(O)c1cc(NCCc2ccc(C(F)(F)F)cc2)ccc1O. The summed E-state index contributed by atoms with van der Waals surface area (Å²) >= 11 is 0. The normalized spacial score (nSPS) is 11.3. The lowest BCUT2D eigenvalue weighted by atomic mass is 10.1. The molecule has 0 bridgehead atoms. The summed E-state index contributed by atoms with van der Waals surface area (Å²) in [6, 6.07) is 8.95. The van der Waals surface area contributed by atoms with Crippen molar-refractivity contribution in [1.82, 2.24) is 0 Å². The first-order valence-electron chi connectivity index (χ1n) is 6.73. The van der Waals surface area contributed by atoms with Crippen molar-refractivity contribution in [2.75, 3.05) is 11.9 Å². The minimum atomic E-state index is -4.35. The number of carboxylic acids is 1. The number of phenols is 1. The van der Waals surface area contributed by atoms with E-state index < -0.39 is 17.7 Å². The van der Waals surface area contributed by atoms with Gasteiger partial charge in [-0.05, 0) is 42.3 Å². The van der Waals surface area contributed by atoms with Crippen LogP contribution < -0.4 is 5.32 Å². The van der Waals surface area contributed by atoms with E-state index in [1.807, 2.05) is 0 Å². The molecule has 0 aliphatic carbocycles. The average molecular weight is 325 g/mol. The number of carboxylic acid groups (broad SMARTS) is 1. The van der Waals surface area contributed by atoms with Gasteiger partial charge in [0.1, 0.15) is 11.3 Å². The molecule has 0 unspecified atom stereocenters. The summed E-state index contributed by atoms with van der Waals surface area (Å²) in [6.45, 7) is 0.412. The van der Waals surface area contributed by atoms with Gasteiger partial charge >= 0.3 is 12.1 Å². The van der Waals surface area contributed by atoms with E-state index in [1.165, 1.54) is 30.3 Å². The number of nitrogens with one attached hydrogen (secondary N) is 1. The number of alkyl halides is 3. The van der Waals surface area contributed by atoms with Crippen molar-refractivity contribution in [3.8, 4) is 5.75 Å². The standard InChI is InChI=1S/C16H14F3NO3/c17-16(18,19)11-3-1-10(2-4-11)7-8-20-12-5-6-14(21)13(9-12)15(22)23/h1-6,9,20-21H,7-8H2,(H,22,23). The largest absolute Gasteiger partial charge is 0.507 e. The van der Waals surface area contributed by atoms with Crippen LogP contribution >= 0.6 is 0 Å². The Hall–Kier alpha value is -2.70. The Bertz CT molecular complexity index is 697. The molecule has 0 fully saturated rings. The predicted octanol–water partition coefficient (Wildman–Crippen LogP) is 3.76.